The molecule has 0 bridgehead atoms. The summed E-state index contributed by atoms with van der Waals surface area (Å²) in [6, 6.07) is 10.9. The SMILES string of the molecule is O=C(OCc1nc2ccccc2c(=O)[nH]1)c1cc(Cl)ccc1O. The lowest BCUT2D eigenvalue weighted by Gasteiger charge is -2.07. The number of H-pyrrole nitrogens is 1. The molecule has 0 aliphatic rings. The third kappa shape index (κ3) is 3.17. The van der Waals surface area contributed by atoms with Crippen molar-refractivity contribution in [2.24, 2.45) is 0 Å². The van der Waals surface area contributed by atoms with Crippen molar-refractivity contribution in [3.8, 4) is 5.75 Å². The van der Waals surface area contributed by atoms with E-state index in [2.05, 4.69) is 9.97 Å². The first-order valence-electron chi connectivity index (χ1n) is 6.68. The Labute approximate surface area is 135 Å². The zero-order chi connectivity index (χ0) is 16.4. The second-order valence-electron chi connectivity index (χ2n) is 4.77. The van der Waals surface area contributed by atoms with Crippen molar-refractivity contribution in [3.05, 3.63) is 69.2 Å². The molecule has 1 heterocycles. The lowest BCUT2D eigenvalue weighted by molar-refractivity contribution is 0.0459. The Morgan fingerprint density at radius 3 is 2.87 bits per heavy atom. The normalized spacial score (nSPS) is 10.7. The van der Waals surface area contributed by atoms with Crippen LogP contribution in [0.15, 0.2) is 47.3 Å². The molecule has 0 aliphatic heterocycles. The van der Waals surface area contributed by atoms with Gasteiger partial charge in [0.05, 0.1) is 10.9 Å². The molecular weight excluding hydrogens is 320 g/mol. The minimum absolute atomic E-state index is 0.0550. The van der Waals surface area contributed by atoms with Gasteiger partial charge in [-0.3, -0.25) is 4.79 Å². The number of nitrogens with one attached hydrogen (secondary N) is 1. The Bertz CT molecular complexity index is 952. The van der Waals surface area contributed by atoms with Crippen LogP contribution in [-0.2, 0) is 11.3 Å². The first-order chi connectivity index (χ1) is 11.0. The molecule has 6 nitrogen and oxygen atoms in total. The van der Waals surface area contributed by atoms with E-state index < -0.39 is 5.97 Å². The molecule has 3 aromatic rings. The molecule has 0 aliphatic carbocycles. The highest BCUT2D eigenvalue weighted by Gasteiger charge is 2.14. The fraction of sp³-hybridized carbons (Fsp3) is 0.0625. The van der Waals surface area contributed by atoms with Gasteiger partial charge in [0.25, 0.3) is 5.56 Å². The van der Waals surface area contributed by atoms with Gasteiger partial charge in [0.2, 0.25) is 0 Å². The number of hydrogen-bond donors (Lipinski definition) is 2. The highest BCUT2D eigenvalue weighted by atomic mass is 35.5. The molecule has 0 atom stereocenters. The number of ether oxygens (including phenoxy) is 1. The lowest BCUT2D eigenvalue weighted by Crippen LogP contribution is -2.14. The number of para-hydroxylation sites is 1. The Kier molecular flexibility index (Phi) is 3.99. The summed E-state index contributed by atoms with van der Waals surface area (Å²) in [5, 5.41) is 10.4. The molecule has 0 unspecified atom stereocenters. The smallest absolute Gasteiger partial charge is 0.342 e. The molecule has 23 heavy (non-hydrogen) atoms. The predicted octanol–water partition coefficient (Wildman–Crippen LogP) is 2.64. The molecule has 7 heteroatoms. The van der Waals surface area contributed by atoms with Crippen molar-refractivity contribution in [2.75, 3.05) is 0 Å². The number of nitrogens with zero attached hydrogens (tertiary/aromatic N) is 1. The maximum atomic E-state index is 12.0. The Balaban J connectivity index is 1.82. The molecule has 1 aromatic heterocycles. The third-order valence-electron chi connectivity index (χ3n) is 3.18. The standard InChI is InChI=1S/C16H11ClN2O4/c17-9-5-6-13(20)11(7-9)16(22)23-8-14-18-12-4-2-1-3-10(12)15(21)19-14/h1-7,20H,8H2,(H,18,19,21). The molecule has 0 saturated carbocycles. The fourth-order valence-corrected chi connectivity index (χ4v) is 2.26. The van der Waals surface area contributed by atoms with Crippen molar-refractivity contribution < 1.29 is 14.6 Å². The molecule has 2 N–H and O–H groups in total. The minimum Gasteiger partial charge on any atom is -0.507 e. The van der Waals surface area contributed by atoms with Gasteiger partial charge in [-0.25, -0.2) is 9.78 Å². The summed E-state index contributed by atoms with van der Waals surface area (Å²) in [4.78, 5) is 30.7. The van der Waals surface area contributed by atoms with Crippen LogP contribution >= 0.6 is 11.6 Å². The molecule has 3 rings (SSSR count). The van der Waals surface area contributed by atoms with E-state index in [1.807, 2.05) is 0 Å². The van der Waals surface area contributed by atoms with Gasteiger partial charge in [-0.15, -0.1) is 0 Å². The first kappa shape index (κ1) is 15.1. The average molecular weight is 331 g/mol. The number of aromatic nitrogens is 2. The van der Waals surface area contributed by atoms with Gasteiger partial charge < -0.3 is 14.8 Å². The summed E-state index contributed by atoms with van der Waals surface area (Å²) in [7, 11) is 0. The van der Waals surface area contributed by atoms with Crippen LogP contribution in [0.5, 0.6) is 5.75 Å². The lowest BCUT2D eigenvalue weighted by atomic mass is 10.2. The highest BCUT2D eigenvalue weighted by Crippen LogP contribution is 2.22. The fourth-order valence-electron chi connectivity index (χ4n) is 2.09. The third-order valence-corrected chi connectivity index (χ3v) is 3.42. The van der Waals surface area contributed by atoms with Crippen LogP contribution in [0.2, 0.25) is 5.02 Å². The van der Waals surface area contributed by atoms with Crippen molar-refractivity contribution in [1.82, 2.24) is 9.97 Å². The Hall–Kier alpha value is -2.86. The zero-order valence-corrected chi connectivity index (χ0v) is 12.5. The van der Waals surface area contributed by atoms with Crippen molar-refractivity contribution in [1.29, 1.82) is 0 Å². The van der Waals surface area contributed by atoms with Gasteiger partial charge in [-0.05, 0) is 30.3 Å². The van der Waals surface area contributed by atoms with E-state index in [0.717, 1.165) is 0 Å². The summed E-state index contributed by atoms with van der Waals surface area (Å²) >= 11 is 5.79. The van der Waals surface area contributed by atoms with Crippen LogP contribution in [0.1, 0.15) is 16.2 Å². The second-order valence-corrected chi connectivity index (χ2v) is 5.20. The van der Waals surface area contributed by atoms with Gasteiger partial charge in [-0.2, -0.15) is 0 Å². The van der Waals surface area contributed by atoms with Gasteiger partial charge in [0.1, 0.15) is 23.7 Å². The monoisotopic (exact) mass is 330 g/mol. The van der Waals surface area contributed by atoms with Crippen molar-refractivity contribution in [2.45, 2.75) is 6.61 Å². The number of fused-ring (bicyclic) bond motifs is 1. The van der Waals surface area contributed by atoms with Gasteiger partial charge >= 0.3 is 5.97 Å². The number of halogens is 1. The van der Waals surface area contributed by atoms with E-state index in [4.69, 9.17) is 16.3 Å². The highest BCUT2D eigenvalue weighted by molar-refractivity contribution is 6.31. The number of hydrogen-bond acceptors (Lipinski definition) is 5. The molecule has 116 valence electrons. The van der Waals surface area contributed by atoms with E-state index >= 15 is 0 Å². The van der Waals surface area contributed by atoms with Gasteiger partial charge in [0.15, 0.2) is 0 Å². The Morgan fingerprint density at radius 1 is 1.26 bits per heavy atom. The molecule has 0 fully saturated rings. The predicted molar refractivity (Wildman–Crippen MR) is 84.6 cm³/mol. The van der Waals surface area contributed by atoms with Crippen molar-refractivity contribution >= 4 is 28.5 Å². The topological polar surface area (TPSA) is 92.3 Å². The number of phenolic OH excluding ortho intramolecular Hbond substituents is 1. The van der Waals surface area contributed by atoms with E-state index in [1.165, 1.54) is 18.2 Å². The van der Waals surface area contributed by atoms with Crippen LogP contribution in [0.3, 0.4) is 0 Å². The average Bonchev–Trinajstić information content (AvgIpc) is 2.55. The summed E-state index contributed by atoms with van der Waals surface area (Å²) in [6.45, 7) is -0.231. The molecule has 2 aromatic carbocycles. The van der Waals surface area contributed by atoms with Crippen molar-refractivity contribution in [3.63, 3.8) is 0 Å². The zero-order valence-electron chi connectivity index (χ0n) is 11.7. The van der Waals surface area contributed by atoms with Crippen LogP contribution in [0.25, 0.3) is 10.9 Å². The maximum Gasteiger partial charge on any atom is 0.342 e. The van der Waals surface area contributed by atoms with E-state index in [9.17, 15) is 14.7 Å². The van der Waals surface area contributed by atoms with Crippen LogP contribution < -0.4 is 5.56 Å². The number of aromatic hydroxyl groups is 1. The van der Waals surface area contributed by atoms with Crippen LogP contribution in [0, 0.1) is 0 Å². The van der Waals surface area contributed by atoms with Crippen LogP contribution in [0.4, 0.5) is 0 Å². The van der Waals surface area contributed by atoms with Gasteiger partial charge in [-0.1, -0.05) is 23.7 Å². The minimum atomic E-state index is -0.763. The van der Waals surface area contributed by atoms with E-state index in [0.29, 0.717) is 15.9 Å². The molecule has 0 spiro atoms. The number of benzene rings is 2. The van der Waals surface area contributed by atoms with E-state index in [1.54, 1.807) is 24.3 Å². The van der Waals surface area contributed by atoms with Gasteiger partial charge in [0, 0.05) is 5.02 Å². The quantitative estimate of drug-likeness (QED) is 0.720. The molecule has 0 saturated heterocycles. The maximum absolute atomic E-state index is 12.0. The number of esters is 1. The summed E-state index contributed by atoms with van der Waals surface area (Å²) in [5.74, 6) is -0.788. The summed E-state index contributed by atoms with van der Waals surface area (Å²) in [6.07, 6.45) is 0. The number of phenols is 1. The number of aromatic amines is 1. The number of carbonyl (C=O) groups is 1. The first-order valence-corrected chi connectivity index (χ1v) is 7.06. The molecule has 0 amide bonds. The molecular formula is C16H11ClN2O4. The molecule has 0 radical (unpaired) electrons. The summed E-state index contributed by atoms with van der Waals surface area (Å²) < 4.78 is 5.06. The number of rotatable bonds is 3. The number of carbonyl (C=O) groups excluding carboxylic acids is 1. The largest absolute Gasteiger partial charge is 0.507 e. The summed E-state index contributed by atoms with van der Waals surface area (Å²) in [5.41, 5.74) is 0.140. The second kappa shape index (κ2) is 6.10. The van der Waals surface area contributed by atoms with E-state index in [-0.39, 0.29) is 29.3 Å². The van der Waals surface area contributed by atoms with Crippen LogP contribution in [-0.4, -0.2) is 21.0 Å². The Morgan fingerprint density at radius 2 is 2.04 bits per heavy atom.